The molecule has 2 aliphatic heterocycles. The van der Waals surface area contributed by atoms with Crippen molar-refractivity contribution in [1.82, 2.24) is 9.62 Å². The lowest BCUT2D eigenvalue weighted by molar-refractivity contribution is -0.153. The molecular formula is C25H24F3N3O3S. The Balaban J connectivity index is 1.54. The van der Waals surface area contributed by atoms with Crippen LogP contribution in [0.2, 0.25) is 0 Å². The number of piperidine rings is 2. The molecule has 35 heavy (non-hydrogen) atoms. The van der Waals surface area contributed by atoms with Crippen LogP contribution in [0.3, 0.4) is 0 Å². The minimum Gasteiger partial charge on any atom is -0.333 e. The molecular weight excluding hydrogens is 479 g/mol. The molecule has 4 fully saturated rings. The standard InChI is InChI=1S/C25H24F3N3O3S/c1-35(33,34)30-23-16-9-19(10-16)31(24(32)25(13-29)5-6-25)21(23)11-14-3-2-4-20(22(14)28)15-7-17(26)12-18(27)8-15/h2-4,7-8,12,16,19,21,23,30H,5-6,9-11H2,1H3/t16?,19?,21-,23-/m0/s1. The summed E-state index contributed by atoms with van der Waals surface area (Å²) in [7, 11) is -3.63. The summed E-state index contributed by atoms with van der Waals surface area (Å²) in [5, 5.41) is 9.61. The van der Waals surface area contributed by atoms with E-state index in [-0.39, 0.29) is 41.0 Å². The molecule has 6 nitrogen and oxygen atoms in total. The molecule has 0 spiro atoms. The van der Waals surface area contributed by atoms with Crippen LogP contribution in [0.1, 0.15) is 31.2 Å². The van der Waals surface area contributed by atoms with E-state index < -0.39 is 45.0 Å². The number of sulfonamides is 1. The molecule has 1 N–H and O–H groups in total. The van der Waals surface area contributed by atoms with Crippen LogP contribution >= 0.6 is 0 Å². The minimum absolute atomic E-state index is 0.00283. The fourth-order valence-electron chi connectivity index (χ4n) is 5.51. The summed E-state index contributed by atoms with van der Waals surface area (Å²) in [6.45, 7) is 0. The van der Waals surface area contributed by atoms with Gasteiger partial charge in [-0.25, -0.2) is 26.3 Å². The van der Waals surface area contributed by atoms with Crippen LogP contribution in [0.5, 0.6) is 0 Å². The quantitative estimate of drug-likeness (QED) is 0.653. The van der Waals surface area contributed by atoms with E-state index in [1.54, 1.807) is 11.0 Å². The largest absolute Gasteiger partial charge is 0.333 e. The zero-order chi connectivity index (χ0) is 25.1. The summed E-state index contributed by atoms with van der Waals surface area (Å²) in [4.78, 5) is 15.1. The zero-order valence-corrected chi connectivity index (χ0v) is 19.8. The molecule has 2 heterocycles. The zero-order valence-electron chi connectivity index (χ0n) is 19.0. The van der Waals surface area contributed by atoms with Crippen LogP contribution < -0.4 is 4.72 Å². The molecule has 1 amide bonds. The van der Waals surface area contributed by atoms with Crippen molar-refractivity contribution >= 4 is 15.9 Å². The van der Waals surface area contributed by atoms with Gasteiger partial charge in [0.15, 0.2) is 0 Å². The number of hydrogen-bond acceptors (Lipinski definition) is 4. The molecule has 2 aliphatic carbocycles. The molecule has 10 heteroatoms. The summed E-state index contributed by atoms with van der Waals surface area (Å²) in [6.07, 6.45) is 3.15. The molecule has 2 saturated heterocycles. The normalized spacial score (nSPS) is 26.5. The Kier molecular flexibility index (Phi) is 5.68. The molecule has 0 unspecified atom stereocenters. The van der Waals surface area contributed by atoms with Gasteiger partial charge >= 0.3 is 0 Å². The number of nitrogens with zero attached hydrogens (tertiary/aromatic N) is 2. The monoisotopic (exact) mass is 503 g/mol. The first-order valence-corrected chi connectivity index (χ1v) is 13.4. The third-order valence-corrected chi connectivity index (χ3v) is 8.16. The van der Waals surface area contributed by atoms with Gasteiger partial charge in [0, 0.05) is 23.7 Å². The highest BCUT2D eigenvalue weighted by molar-refractivity contribution is 7.88. The second-order valence-corrected chi connectivity index (χ2v) is 11.7. The predicted molar refractivity (Wildman–Crippen MR) is 122 cm³/mol. The van der Waals surface area contributed by atoms with Crippen LogP contribution in [-0.2, 0) is 21.2 Å². The van der Waals surface area contributed by atoms with Crippen molar-refractivity contribution in [3.63, 3.8) is 0 Å². The van der Waals surface area contributed by atoms with Gasteiger partial charge in [0.05, 0.1) is 18.4 Å². The molecule has 4 aliphatic rings. The average molecular weight is 504 g/mol. The first-order valence-electron chi connectivity index (χ1n) is 11.5. The lowest BCUT2D eigenvalue weighted by Gasteiger charge is -2.58. The van der Waals surface area contributed by atoms with Crippen molar-refractivity contribution in [2.24, 2.45) is 11.3 Å². The van der Waals surface area contributed by atoms with Gasteiger partial charge < -0.3 is 4.90 Å². The van der Waals surface area contributed by atoms with Crippen molar-refractivity contribution in [3.8, 4) is 17.2 Å². The Morgan fingerprint density at radius 2 is 1.83 bits per heavy atom. The number of amides is 1. The first kappa shape index (κ1) is 23.8. The molecule has 2 aromatic rings. The summed E-state index contributed by atoms with van der Waals surface area (Å²) in [5.41, 5.74) is -0.870. The van der Waals surface area contributed by atoms with E-state index in [4.69, 9.17) is 0 Å². The van der Waals surface area contributed by atoms with Gasteiger partial charge in [-0.1, -0.05) is 18.2 Å². The Morgan fingerprint density at radius 3 is 2.40 bits per heavy atom. The fraction of sp³-hybridized carbons (Fsp3) is 0.440. The van der Waals surface area contributed by atoms with Gasteiger partial charge in [0.1, 0.15) is 22.9 Å². The predicted octanol–water partition coefficient (Wildman–Crippen LogP) is 3.52. The Bertz CT molecular complexity index is 1330. The number of halogens is 3. The number of hydrogen-bond donors (Lipinski definition) is 1. The van der Waals surface area contributed by atoms with E-state index >= 15 is 4.39 Å². The van der Waals surface area contributed by atoms with E-state index in [1.165, 1.54) is 12.1 Å². The minimum atomic E-state index is -3.63. The second-order valence-electron chi connectivity index (χ2n) is 9.92. The summed E-state index contributed by atoms with van der Waals surface area (Å²) < 4.78 is 70.2. The van der Waals surface area contributed by atoms with E-state index in [0.717, 1.165) is 18.4 Å². The van der Waals surface area contributed by atoms with Gasteiger partial charge in [0.2, 0.25) is 15.9 Å². The molecule has 2 atom stereocenters. The van der Waals surface area contributed by atoms with Gasteiger partial charge in [-0.05, 0) is 61.3 Å². The maximum atomic E-state index is 15.7. The first-order chi connectivity index (χ1) is 16.5. The van der Waals surface area contributed by atoms with Gasteiger partial charge in [-0.15, -0.1) is 0 Å². The molecule has 0 radical (unpaired) electrons. The van der Waals surface area contributed by atoms with Crippen molar-refractivity contribution in [2.45, 2.75) is 50.2 Å². The number of fused-ring (bicyclic) bond motifs is 2. The molecule has 2 bridgehead atoms. The van der Waals surface area contributed by atoms with Crippen molar-refractivity contribution in [2.75, 3.05) is 6.26 Å². The van der Waals surface area contributed by atoms with Crippen LogP contribution in [0.15, 0.2) is 36.4 Å². The molecule has 2 aromatic carbocycles. The Hall–Kier alpha value is -2.90. The van der Waals surface area contributed by atoms with Gasteiger partial charge in [-0.2, -0.15) is 5.26 Å². The maximum absolute atomic E-state index is 15.7. The lowest BCUT2D eigenvalue weighted by Crippen LogP contribution is -2.71. The number of nitriles is 1. The van der Waals surface area contributed by atoms with Crippen LogP contribution in [0.4, 0.5) is 13.2 Å². The molecule has 0 aromatic heterocycles. The van der Waals surface area contributed by atoms with Crippen LogP contribution in [0, 0.1) is 40.1 Å². The number of carbonyl (C=O) groups excluding carboxylic acids is 1. The van der Waals surface area contributed by atoms with Gasteiger partial charge in [-0.3, -0.25) is 4.79 Å². The van der Waals surface area contributed by atoms with E-state index in [0.29, 0.717) is 31.7 Å². The Labute approximate surface area is 201 Å². The molecule has 2 saturated carbocycles. The highest BCUT2D eigenvalue weighted by atomic mass is 32.2. The average Bonchev–Trinajstić information content (AvgIpc) is 3.54. The number of benzene rings is 2. The molecule has 6 rings (SSSR count). The lowest BCUT2D eigenvalue weighted by atomic mass is 9.66. The third-order valence-electron chi connectivity index (χ3n) is 7.46. The van der Waals surface area contributed by atoms with E-state index in [1.807, 2.05) is 0 Å². The number of nitrogens with one attached hydrogen (secondary N) is 1. The summed E-state index contributed by atoms with van der Waals surface area (Å²) in [6, 6.07) is 7.91. The van der Waals surface area contributed by atoms with Gasteiger partial charge in [0.25, 0.3) is 0 Å². The smallest absolute Gasteiger partial charge is 0.243 e. The van der Waals surface area contributed by atoms with Crippen molar-refractivity contribution in [1.29, 1.82) is 5.26 Å². The SMILES string of the molecule is CS(=O)(=O)N[C@H]1C2CC(C2)N(C(=O)C2(C#N)CC2)[C@H]1Cc1cccc(-c2cc(F)cc(F)c2)c1F. The number of carbonyl (C=O) groups is 1. The van der Waals surface area contributed by atoms with Crippen molar-refractivity contribution in [3.05, 3.63) is 59.4 Å². The highest BCUT2D eigenvalue weighted by Gasteiger charge is 2.60. The van der Waals surface area contributed by atoms with E-state index in [2.05, 4.69) is 10.8 Å². The highest BCUT2D eigenvalue weighted by Crippen LogP contribution is 2.52. The summed E-state index contributed by atoms with van der Waals surface area (Å²) in [5.74, 6) is -2.71. The second kappa shape index (κ2) is 8.35. The number of rotatable bonds is 6. The summed E-state index contributed by atoms with van der Waals surface area (Å²) >= 11 is 0. The topological polar surface area (TPSA) is 90.3 Å². The maximum Gasteiger partial charge on any atom is 0.243 e. The third kappa shape index (κ3) is 4.32. The van der Waals surface area contributed by atoms with Crippen LogP contribution in [-0.4, -0.2) is 43.6 Å². The Morgan fingerprint density at radius 1 is 1.17 bits per heavy atom. The van der Waals surface area contributed by atoms with Crippen LogP contribution in [0.25, 0.3) is 11.1 Å². The van der Waals surface area contributed by atoms with E-state index in [9.17, 15) is 27.3 Å². The fourth-order valence-corrected chi connectivity index (χ4v) is 6.36. The van der Waals surface area contributed by atoms with Crippen molar-refractivity contribution < 1.29 is 26.4 Å². The molecule has 184 valence electrons.